The minimum absolute atomic E-state index is 0.0370. The number of carbonyl (C=O) groups excluding carboxylic acids is 1. The molecule has 0 saturated carbocycles. The summed E-state index contributed by atoms with van der Waals surface area (Å²) in [5.41, 5.74) is 4.05. The molecule has 0 saturated heterocycles. The van der Waals surface area contributed by atoms with E-state index in [0.717, 1.165) is 24.2 Å². The maximum absolute atomic E-state index is 12.7. The van der Waals surface area contributed by atoms with Gasteiger partial charge in [0.2, 0.25) is 0 Å². The zero-order valence-corrected chi connectivity index (χ0v) is 16.2. The second kappa shape index (κ2) is 7.46. The lowest BCUT2D eigenvalue weighted by atomic mass is 9.99. The number of aryl methyl sites for hydroxylation is 3. The zero-order valence-electron chi connectivity index (χ0n) is 16.2. The first-order valence-corrected chi connectivity index (χ1v) is 9.62. The van der Waals surface area contributed by atoms with Crippen LogP contribution in [0.15, 0.2) is 53.3 Å². The van der Waals surface area contributed by atoms with E-state index in [2.05, 4.69) is 29.5 Å². The second-order valence-electron chi connectivity index (χ2n) is 7.36. The van der Waals surface area contributed by atoms with Crippen LogP contribution in [0.2, 0.25) is 0 Å². The Kier molecular flexibility index (Phi) is 4.86. The minimum Gasteiger partial charge on any atom is -0.349 e. The van der Waals surface area contributed by atoms with Crippen LogP contribution >= 0.6 is 0 Å². The fraction of sp³-hybridized carbons (Fsp3) is 0.318. The maximum Gasteiger partial charge on any atom is 0.345 e. The third-order valence-electron chi connectivity index (χ3n) is 5.44. The fourth-order valence-corrected chi connectivity index (χ4v) is 3.81. The van der Waals surface area contributed by atoms with Crippen molar-refractivity contribution in [2.75, 3.05) is 0 Å². The van der Waals surface area contributed by atoms with Gasteiger partial charge in [0, 0.05) is 31.6 Å². The quantitative estimate of drug-likeness (QED) is 0.764. The third kappa shape index (κ3) is 3.50. The van der Waals surface area contributed by atoms with E-state index in [0.29, 0.717) is 18.5 Å². The van der Waals surface area contributed by atoms with Gasteiger partial charge in [0.05, 0.1) is 0 Å². The molecule has 1 aliphatic rings. The number of aromatic nitrogens is 3. The van der Waals surface area contributed by atoms with Crippen LogP contribution in [-0.2, 0) is 20.0 Å². The fourth-order valence-electron chi connectivity index (χ4n) is 3.81. The molecule has 1 unspecified atom stereocenters. The molecule has 1 aromatic heterocycles. The largest absolute Gasteiger partial charge is 0.349 e. The van der Waals surface area contributed by atoms with Crippen LogP contribution in [0.25, 0.3) is 11.1 Å². The molecule has 1 amide bonds. The number of benzene rings is 2. The standard InChI is InChI=1S/C22H24N4O2/c1-15-5-3-4-6-19(15)16-7-9-17(10-8-16)21(27)23-18-11-12-20-24-25(2)22(28)26(20)14-13-18/h3-10,18H,11-14H2,1-2H3,(H,23,27). The summed E-state index contributed by atoms with van der Waals surface area (Å²) >= 11 is 0. The van der Waals surface area contributed by atoms with Crippen molar-refractivity contribution in [1.82, 2.24) is 19.7 Å². The summed E-state index contributed by atoms with van der Waals surface area (Å²) in [5.74, 6) is 0.723. The van der Waals surface area contributed by atoms with Gasteiger partial charge in [0.1, 0.15) is 5.82 Å². The Labute approximate surface area is 163 Å². The number of nitrogens with one attached hydrogen (secondary N) is 1. The Hall–Kier alpha value is -3.15. The topological polar surface area (TPSA) is 68.9 Å². The lowest BCUT2D eigenvalue weighted by Crippen LogP contribution is -2.35. The van der Waals surface area contributed by atoms with Gasteiger partial charge in [-0.1, -0.05) is 36.4 Å². The van der Waals surface area contributed by atoms with Gasteiger partial charge >= 0.3 is 5.69 Å². The summed E-state index contributed by atoms with van der Waals surface area (Å²) < 4.78 is 3.09. The average molecular weight is 376 g/mol. The molecule has 1 atom stereocenters. The Bertz CT molecular complexity index is 1060. The van der Waals surface area contributed by atoms with Crippen LogP contribution in [0, 0.1) is 6.92 Å². The first-order chi connectivity index (χ1) is 13.5. The summed E-state index contributed by atoms with van der Waals surface area (Å²) in [5, 5.41) is 7.40. The molecule has 4 rings (SSSR count). The Morgan fingerprint density at radius 2 is 1.86 bits per heavy atom. The van der Waals surface area contributed by atoms with E-state index in [-0.39, 0.29) is 17.6 Å². The van der Waals surface area contributed by atoms with Crippen molar-refractivity contribution in [1.29, 1.82) is 0 Å². The lowest BCUT2D eigenvalue weighted by Gasteiger charge is -2.16. The molecule has 3 aromatic rings. The monoisotopic (exact) mass is 376 g/mol. The molecule has 0 aliphatic carbocycles. The molecule has 28 heavy (non-hydrogen) atoms. The van der Waals surface area contributed by atoms with Gasteiger partial charge in [-0.2, -0.15) is 5.10 Å². The van der Waals surface area contributed by atoms with E-state index < -0.39 is 0 Å². The van der Waals surface area contributed by atoms with E-state index in [9.17, 15) is 9.59 Å². The molecule has 6 nitrogen and oxygen atoms in total. The smallest absolute Gasteiger partial charge is 0.345 e. The minimum atomic E-state index is -0.0891. The first-order valence-electron chi connectivity index (χ1n) is 9.62. The third-order valence-corrected chi connectivity index (χ3v) is 5.44. The molecular formula is C22H24N4O2. The number of hydrogen-bond donors (Lipinski definition) is 1. The highest BCUT2D eigenvalue weighted by Crippen LogP contribution is 2.23. The Morgan fingerprint density at radius 3 is 2.61 bits per heavy atom. The summed E-state index contributed by atoms with van der Waals surface area (Å²) in [4.78, 5) is 24.7. The van der Waals surface area contributed by atoms with Gasteiger partial charge in [-0.15, -0.1) is 0 Å². The number of nitrogens with zero attached hydrogens (tertiary/aromatic N) is 3. The number of carbonyl (C=O) groups is 1. The van der Waals surface area contributed by atoms with Gasteiger partial charge in [-0.3, -0.25) is 9.36 Å². The van der Waals surface area contributed by atoms with Crippen molar-refractivity contribution in [2.45, 2.75) is 38.8 Å². The molecular weight excluding hydrogens is 352 g/mol. The molecule has 2 heterocycles. The van der Waals surface area contributed by atoms with Crippen molar-refractivity contribution < 1.29 is 4.79 Å². The van der Waals surface area contributed by atoms with Crippen LogP contribution in [0.1, 0.15) is 34.6 Å². The van der Waals surface area contributed by atoms with E-state index in [1.54, 1.807) is 11.6 Å². The molecule has 2 aromatic carbocycles. The summed E-state index contributed by atoms with van der Waals surface area (Å²) in [7, 11) is 1.67. The van der Waals surface area contributed by atoms with E-state index in [1.807, 2.05) is 36.4 Å². The van der Waals surface area contributed by atoms with Crippen molar-refractivity contribution >= 4 is 5.91 Å². The van der Waals surface area contributed by atoms with Crippen molar-refractivity contribution in [3.8, 4) is 11.1 Å². The number of rotatable bonds is 3. The molecule has 0 spiro atoms. The van der Waals surface area contributed by atoms with Crippen molar-refractivity contribution in [3.05, 3.63) is 76.0 Å². The lowest BCUT2D eigenvalue weighted by molar-refractivity contribution is 0.0933. The van der Waals surface area contributed by atoms with Gasteiger partial charge in [-0.25, -0.2) is 9.48 Å². The average Bonchev–Trinajstić information content (AvgIpc) is 2.85. The molecule has 144 valence electrons. The molecule has 0 fully saturated rings. The molecule has 6 heteroatoms. The van der Waals surface area contributed by atoms with E-state index >= 15 is 0 Å². The number of amides is 1. The Morgan fingerprint density at radius 1 is 1.11 bits per heavy atom. The van der Waals surface area contributed by atoms with E-state index in [4.69, 9.17) is 0 Å². The molecule has 0 bridgehead atoms. The summed E-state index contributed by atoms with van der Waals surface area (Å²) in [6.07, 6.45) is 2.20. The van der Waals surface area contributed by atoms with Crippen LogP contribution in [-0.4, -0.2) is 26.3 Å². The van der Waals surface area contributed by atoms with Gasteiger partial charge in [0.25, 0.3) is 5.91 Å². The van der Waals surface area contributed by atoms with Crippen molar-refractivity contribution in [2.24, 2.45) is 7.05 Å². The summed E-state index contributed by atoms with van der Waals surface area (Å²) in [6, 6.07) is 16.0. The second-order valence-corrected chi connectivity index (χ2v) is 7.36. The SMILES string of the molecule is Cc1ccccc1-c1ccc(C(=O)NC2CCc3nn(C)c(=O)n3CC2)cc1. The Balaban J connectivity index is 1.43. The number of hydrogen-bond acceptors (Lipinski definition) is 3. The predicted molar refractivity (Wildman–Crippen MR) is 108 cm³/mol. The molecule has 0 radical (unpaired) electrons. The van der Waals surface area contributed by atoms with Crippen LogP contribution in [0.4, 0.5) is 0 Å². The summed E-state index contributed by atoms with van der Waals surface area (Å²) in [6.45, 7) is 2.67. The normalized spacial score (nSPS) is 16.3. The van der Waals surface area contributed by atoms with Crippen LogP contribution < -0.4 is 11.0 Å². The highest BCUT2D eigenvalue weighted by Gasteiger charge is 2.21. The molecule has 1 N–H and O–H groups in total. The maximum atomic E-state index is 12.7. The predicted octanol–water partition coefficient (Wildman–Crippen LogP) is 2.69. The van der Waals surface area contributed by atoms with Gasteiger partial charge in [-0.05, 0) is 48.6 Å². The number of fused-ring (bicyclic) bond motifs is 1. The first kappa shape index (κ1) is 18.2. The van der Waals surface area contributed by atoms with Gasteiger partial charge in [0.15, 0.2) is 0 Å². The molecule has 1 aliphatic heterocycles. The van der Waals surface area contributed by atoms with Crippen LogP contribution in [0.5, 0.6) is 0 Å². The van der Waals surface area contributed by atoms with Crippen LogP contribution in [0.3, 0.4) is 0 Å². The zero-order chi connectivity index (χ0) is 19.7. The van der Waals surface area contributed by atoms with E-state index in [1.165, 1.54) is 15.8 Å². The highest BCUT2D eigenvalue weighted by molar-refractivity contribution is 5.94. The highest BCUT2D eigenvalue weighted by atomic mass is 16.2. The van der Waals surface area contributed by atoms with Gasteiger partial charge < -0.3 is 5.32 Å². The van der Waals surface area contributed by atoms with Crippen molar-refractivity contribution in [3.63, 3.8) is 0 Å².